The Bertz CT molecular complexity index is 969. The molecule has 0 radical (unpaired) electrons. The van der Waals surface area contributed by atoms with Crippen LogP contribution in [0.3, 0.4) is 0 Å². The van der Waals surface area contributed by atoms with Gasteiger partial charge in [0.05, 0.1) is 12.1 Å². The van der Waals surface area contributed by atoms with Crippen molar-refractivity contribution in [2.45, 2.75) is 6.54 Å². The second kappa shape index (κ2) is 6.13. The maximum Gasteiger partial charge on any atom is 0.256 e. The first kappa shape index (κ1) is 15.5. The average Bonchev–Trinajstić information content (AvgIpc) is 3.11. The van der Waals surface area contributed by atoms with E-state index < -0.39 is 0 Å². The summed E-state index contributed by atoms with van der Waals surface area (Å²) in [5, 5.41) is 4.60. The van der Waals surface area contributed by atoms with Crippen LogP contribution >= 0.6 is 0 Å². The molecule has 1 aliphatic rings. The highest BCUT2D eigenvalue weighted by Crippen LogP contribution is 2.32. The number of hydrogen-bond acceptors (Lipinski definition) is 2. The quantitative estimate of drug-likeness (QED) is 0.797. The summed E-state index contributed by atoms with van der Waals surface area (Å²) in [6.07, 6.45) is 2.06. The normalized spacial score (nSPS) is 14.6. The minimum Gasteiger partial charge on any atom is -0.382 e. The van der Waals surface area contributed by atoms with E-state index in [0.717, 1.165) is 27.7 Å². The van der Waals surface area contributed by atoms with E-state index in [1.165, 1.54) is 5.56 Å². The highest BCUT2D eigenvalue weighted by atomic mass is 16.2. The molecule has 4 nitrogen and oxygen atoms in total. The van der Waals surface area contributed by atoms with Crippen molar-refractivity contribution in [2.24, 2.45) is 7.05 Å². The summed E-state index contributed by atoms with van der Waals surface area (Å²) >= 11 is 0. The van der Waals surface area contributed by atoms with Crippen molar-refractivity contribution in [3.63, 3.8) is 0 Å². The van der Waals surface area contributed by atoms with E-state index in [1.54, 1.807) is 4.90 Å². The summed E-state index contributed by atoms with van der Waals surface area (Å²) < 4.78 is 2.08. The number of aromatic nitrogens is 1. The molecule has 1 aromatic heterocycles. The molecule has 0 aliphatic carbocycles. The van der Waals surface area contributed by atoms with Crippen molar-refractivity contribution < 1.29 is 4.79 Å². The van der Waals surface area contributed by atoms with Crippen LogP contribution in [0.5, 0.6) is 0 Å². The molecule has 4 rings (SSSR count). The molecule has 0 spiro atoms. The molecule has 0 saturated carbocycles. The minimum atomic E-state index is 0.0758. The largest absolute Gasteiger partial charge is 0.382 e. The maximum absolute atomic E-state index is 12.8. The van der Waals surface area contributed by atoms with Crippen LogP contribution in [0.4, 0.5) is 0 Å². The van der Waals surface area contributed by atoms with Gasteiger partial charge in [-0.15, -0.1) is 0 Å². The number of rotatable bonds is 4. The average molecular weight is 331 g/mol. The van der Waals surface area contributed by atoms with E-state index in [4.69, 9.17) is 0 Å². The van der Waals surface area contributed by atoms with Gasteiger partial charge in [0.25, 0.3) is 5.91 Å². The Labute approximate surface area is 147 Å². The van der Waals surface area contributed by atoms with Gasteiger partial charge in [-0.05, 0) is 11.6 Å². The number of nitrogens with one attached hydrogen (secondary N) is 1. The van der Waals surface area contributed by atoms with Crippen LogP contribution in [0, 0.1) is 0 Å². The number of carbonyl (C=O) groups is 1. The summed E-state index contributed by atoms with van der Waals surface area (Å²) in [5.74, 6) is 0.0758. The molecule has 2 aromatic carbocycles. The molecule has 126 valence electrons. The zero-order valence-corrected chi connectivity index (χ0v) is 14.5. The van der Waals surface area contributed by atoms with Crippen molar-refractivity contribution >= 4 is 22.4 Å². The van der Waals surface area contributed by atoms with Crippen LogP contribution in [0.15, 0.2) is 66.5 Å². The van der Waals surface area contributed by atoms with Crippen LogP contribution in [0.2, 0.25) is 0 Å². The van der Waals surface area contributed by atoms with E-state index in [2.05, 4.69) is 40.3 Å². The second-order valence-corrected chi connectivity index (χ2v) is 6.52. The third-order valence-electron chi connectivity index (χ3n) is 4.77. The number of likely N-dealkylation sites (N-methyl/N-ethyl adjacent to an activating group) is 1. The third-order valence-corrected chi connectivity index (χ3v) is 4.77. The fourth-order valence-corrected chi connectivity index (χ4v) is 3.48. The lowest BCUT2D eigenvalue weighted by Crippen LogP contribution is -2.23. The van der Waals surface area contributed by atoms with E-state index in [-0.39, 0.29) is 5.91 Å². The molecule has 3 aromatic rings. The van der Waals surface area contributed by atoms with Gasteiger partial charge >= 0.3 is 0 Å². The second-order valence-electron chi connectivity index (χ2n) is 6.52. The standard InChI is InChI=1S/C21H21N3O/c1-23-13-17(16-10-6-7-11-19(16)23)20-18(14-24(2)21(20)25)22-12-15-8-4-3-5-9-15/h3-11,13,22H,12,14H2,1-2H3. The van der Waals surface area contributed by atoms with Crippen LogP contribution in [-0.4, -0.2) is 29.0 Å². The fraction of sp³-hybridized carbons (Fsp3) is 0.190. The van der Waals surface area contributed by atoms with E-state index in [1.807, 2.05) is 44.4 Å². The molecule has 0 bridgehead atoms. The fourth-order valence-electron chi connectivity index (χ4n) is 3.48. The molecule has 1 N–H and O–H groups in total. The Morgan fingerprint density at radius 3 is 2.52 bits per heavy atom. The number of benzene rings is 2. The molecule has 4 heteroatoms. The van der Waals surface area contributed by atoms with Gasteiger partial charge < -0.3 is 14.8 Å². The number of nitrogens with zero attached hydrogens (tertiary/aromatic N) is 2. The van der Waals surface area contributed by atoms with Gasteiger partial charge in [0.2, 0.25) is 0 Å². The SMILES string of the molecule is CN1CC(NCc2ccccc2)=C(c2cn(C)c3ccccc23)C1=O. The lowest BCUT2D eigenvalue weighted by molar-refractivity contribution is -0.122. The Morgan fingerprint density at radius 1 is 1.00 bits per heavy atom. The van der Waals surface area contributed by atoms with Gasteiger partial charge in [-0.1, -0.05) is 48.5 Å². The number of amides is 1. The predicted octanol–water partition coefficient (Wildman–Crippen LogP) is 3.15. The number of para-hydroxylation sites is 1. The Morgan fingerprint density at radius 2 is 1.72 bits per heavy atom. The molecular formula is C21H21N3O. The summed E-state index contributed by atoms with van der Waals surface area (Å²) in [6.45, 7) is 1.33. The third kappa shape index (κ3) is 2.70. The van der Waals surface area contributed by atoms with Crippen LogP contribution < -0.4 is 5.32 Å². The monoisotopic (exact) mass is 331 g/mol. The molecule has 25 heavy (non-hydrogen) atoms. The highest BCUT2D eigenvalue weighted by Gasteiger charge is 2.30. The Kier molecular flexibility index (Phi) is 3.80. The van der Waals surface area contributed by atoms with E-state index in [0.29, 0.717) is 13.1 Å². The molecule has 0 atom stereocenters. The summed E-state index contributed by atoms with van der Waals surface area (Å²) in [5.41, 5.74) is 5.12. The van der Waals surface area contributed by atoms with Gasteiger partial charge in [0, 0.05) is 49.0 Å². The summed E-state index contributed by atoms with van der Waals surface area (Å²) in [4.78, 5) is 14.6. The van der Waals surface area contributed by atoms with Gasteiger partial charge in [-0.25, -0.2) is 0 Å². The van der Waals surface area contributed by atoms with Crippen molar-refractivity contribution in [3.05, 3.63) is 77.6 Å². The van der Waals surface area contributed by atoms with Crippen molar-refractivity contribution in [1.82, 2.24) is 14.8 Å². The van der Waals surface area contributed by atoms with Gasteiger partial charge in [0.1, 0.15) is 0 Å². The zero-order chi connectivity index (χ0) is 17.4. The predicted molar refractivity (Wildman–Crippen MR) is 101 cm³/mol. The molecule has 1 aliphatic heterocycles. The van der Waals surface area contributed by atoms with E-state index >= 15 is 0 Å². The van der Waals surface area contributed by atoms with Gasteiger partial charge in [-0.3, -0.25) is 4.79 Å². The number of fused-ring (bicyclic) bond motifs is 1. The maximum atomic E-state index is 12.8. The van der Waals surface area contributed by atoms with Crippen LogP contribution in [0.1, 0.15) is 11.1 Å². The number of hydrogen-bond donors (Lipinski definition) is 1. The summed E-state index contributed by atoms with van der Waals surface area (Å²) in [6, 6.07) is 18.5. The van der Waals surface area contributed by atoms with Crippen molar-refractivity contribution in [1.29, 1.82) is 0 Å². The molecular weight excluding hydrogens is 310 g/mol. The number of aryl methyl sites for hydroxylation is 1. The highest BCUT2D eigenvalue weighted by molar-refractivity contribution is 6.25. The Hall–Kier alpha value is -3.01. The van der Waals surface area contributed by atoms with E-state index in [9.17, 15) is 4.79 Å². The molecule has 0 unspecified atom stereocenters. The van der Waals surface area contributed by atoms with Crippen LogP contribution in [-0.2, 0) is 18.4 Å². The first-order valence-corrected chi connectivity index (χ1v) is 8.46. The smallest absolute Gasteiger partial charge is 0.256 e. The number of carbonyl (C=O) groups excluding carboxylic acids is 1. The minimum absolute atomic E-state index is 0.0758. The topological polar surface area (TPSA) is 37.3 Å². The van der Waals surface area contributed by atoms with Gasteiger partial charge in [0.15, 0.2) is 0 Å². The lowest BCUT2D eigenvalue weighted by atomic mass is 10.0. The first-order valence-electron chi connectivity index (χ1n) is 8.46. The van der Waals surface area contributed by atoms with Crippen molar-refractivity contribution in [2.75, 3.05) is 13.6 Å². The molecule has 1 amide bonds. The first-order chi connectivity index (χ1) is 12.1. The Balaban J connectivity index is 1.76. The van der Waals surface area contributed by atoms with Crippen LogP contribution in [0.25, 0.3) is 16.5 Å². The lowest BCUT2D eigenvalue weighted by Gasteiger charge is -2.10. The molecule has 0 fully saturated rings. The summed E-state index contributed by atoms with van der Waals surface area (Å²) in [7, 11) is 3.87. The molecule has 0 saturated heterocycles. The zero-order valence-electron chi connectivity index (χ0n) is 14.5. The van der Waals surface area contributed by atoms with Gasteiger partial charge in [-0.2, -0.15) is 0 Å². The van der Waals surface area contributed by atoms with Crippen molar-refractivity contribution in [3.8, 4) is 0 Å². The molecule has 2 heterocycles.